The van der Waals surface area contributed by atoms with E-state index in [1.165, 1.54) is 5.56 Å². The first-order valence-electron chi connectivity index (χ1n) is 6.28. The molecule has 1 aromatic carbocycles. The van der Waals surface area contributed by atoms with Gasteiger partial charge < -0.3 is 5.32 Å². The maximum atomic E-state index is 3.53. The summed E-state index contributed by atoms with van der Waals surface area (Å²) in [5, 5.41) is 3.53. The van der Waals surface area contributed by atoms with Crippen LogP contribution in [0.1, 0.15) is 5.56 Å². The van der Waals surface area contributed by atoms with Gasteiger partial charge in [-0.25, -0.2) is 0 Å². The van der Waals surface area contributed by atoms with E-state index in [2.05, 4.69) is 51.4 Å². The maximum absolute atomic E-state index is 3.53. The van der Waals surface area contributed by atoms with Crippen LogP contribution in [0.4, 0.5) is 0 Å². The fourth-order valence-electron chi connectivity index (χ4n) is 2.24. The summed E-state index contributed by atoms with van der Waals surface area (Å²) in [4.78, 5) is 2.51. The fraction of sp³-hybridized carbons (Fsp3) is 0.538. The minimum absolute atomic E-state index is 0.528. The van der Waals surface area contributed by atoms with Crippen LogP contribution < -0.4 is 16.2 Å². The monoisotopic (exact) mass is 234 g/mol. The number of nitrogens with one attached hydrogen (secondary N) is 3. The van der Waals surface area contributed by atoms with Gasteiger partial charge in [0.15, 0.2) is 0 Å². The zero-order chi connectivity index (χ0) is 11.9. The smallest absolute Gasteiger partial charge is 0.0334 e. The van der Waals surface area contributed by atoms with Crippen LogP contribution in [-0.2, 0) is 6.54 Å². The SMILES string of the molecule is CNNCC1CN(Cc2ccccc2)CCN1. The Morgan fingerprint density at radius 3 is 2.94 bits per heavy atom. The molecule has 0 bridgehead atoms. The summed E-state index contributed by atoms with van der Waals surface area (Å²) < 4.78 is 0. The van der Waals surface area contributed by atoms with Crippen molar-refractivity contribution in [1.82, 2.24) is 21.1 Å². The fourth-order valence-corrected chi connectivity index (χ4v) is 2.24. The predicted molar refractivity (Wildman–Crippen MR) is 70.6 cm³/mol. The Morgan fingerprint density at radius 1 is 1.35 bits per heavy atom. The Labute approximate surface area is 103 Å². The lowest BCUT2D eigenvalue weighted by Gasteiger charge is -2.33. The molecular formula is C13H22N4. The quantitative estimate of drug-likeness (QED) is 0.636. The first kappa shape index (κ1) is 12.5. The van der Waals surface area contributed by atoms with Gasteiger partial charge in [0.25, 0.3) is 0 Å². The summed E-state index contributed by atoms with van der Waals surface area (Å²) in [6.07, 6.45) is 0. The Bertz CT molecular complexity index is 314. The topological polar surface area (TPSA) is 39.3 Å². The Kier molecular flexibility index (Phi) is 4.94. The normalized spacial score (nSPS) is 21.6. The molecule has 1 aromatic rings. The first-order chi connectivity index (χ1) is 8.38. The molecule has 1 aliphatic rings. The van der Waals surface area contributed by atoms with Crippen LogP contribution in [0.3, 0.4) is 0 Å². The molecule has 4 nitrogen and oxygen atoms in total. The van der Waals surface area contributed by atoms with Gasteiger partial charge in [-0.2, -0.15) is 0 Å². The molecule has 0 saturated carbocycles. The highest BCUT2D eigenvalue weighted by molar-refractivity contribution is 5.14. The van der Waals surface area contributed by atoms with Crippen LogP contribution >= 0.6 is 0 Å². The van der Waals surface area contributed by atoms with Crippen molar-refractivity contribution >= 4 is 0 Å². The second kappa shape index (κ2) is 6.71. The van der Waals surface area contributed by atoms with Crippen molar-refractivity contribution < 1.29 is 0 Å². The highest BCUT2D eigenvalue weighted by atomic mass is 15.3. The number of benzene rings is 1. The van der Waals surface area contributed by atoms with E-state index in [0.717, 1.165) is 32.7 Å². The summed E-state index contributed by atoms with van der Waals surface area (Å²) in [5.41, 5.74) is 7.53. The summed E-state index contributed by atoms with van der Waals surface area (Å²) in [5.74, 6) is 0. The third kappa shape index (κ3) is 4.09. The van der Waals surface area contributed by atoms with E-state index in [4.69, 9.17) is 0 Å². The van der Waals surface area contributed by atoms with E-state index in [-0.39, 0.29) is 0 Å². The highest BCUT2D eigenvalue weighted by Crippen LogP contribution is 2.06. The average molecular weight is 234 g/mol. The van der Waals surface area contributed by atoms with E-state index >= 15 is 0 Å². The molecule has 1 atom stereocenters. The number of hydrogen-bond acceptors (Lipinski definition) is 4. The van der Waals surface area contributed by atoms with Crippen LogP contribution in [0.5, 0.6) is 0 Å². The van der Waals surface area contributed by atoms with Crippen molar-refractivity contribution in [3.8, 4) is 0 Å². The van der Waals surface area contributed by atoms with Crippen molar-refractivity contribution in [1.29, 1.82) is 0 Å². The van der Waals surface area contributed by atoms with Gasteiger partial charge in [0.05, 0.1) is 0 Å². The number of piperazine rings is 1. The van der Waals surface area contributed by atoms with Crippen molar-refractivity contribution in [2.75, 3.05) is 33.2 Å². The van der Waals surface area contributed by atoms with Crippen LogP contribution in [0, 0.1) is 0 Å². The Balaban J connectivity index is 1.81. The molecule has 1 heterocycles. The molecule has 0 radical (unpaired) electrons. The summed E-state index contributed by atoms with van der Waals surface area (Å²) in [6, 6.07) is 11.2. The second-order valence-corrected chi connectivity index (χ2v) is 4.50. The molecule has 1 fully saturated rings. The molecule has 94 valence electrons. The van der Waals surface area contributed by atoms with Crippen LogP contribution in [0.2, 0.25) is 0 Å². The van der Waals surface area contributed by atoms with Gasteiger partial charge in [0.1, 0.15) is 0 Å². The summed E-state index contributed by atoms with van der Waals surface area (Å²) >= 11 is 0. The maximum Gasteiger partial charge on any atom is 0.0334 e. The van der Waals surface area contributed by atoms with Gasteiger partial charge in [0.2, 0.25) is 0 Å². The lowest BCUT2D eigenvalue weighted by atomic mass is 10.1. The molecular weight excluding hydrogens is 212 g/mol. The molecule has 0 aromatic heterocycles. The number of rotatable bonds is 5. The van der Waals surface area contributed by atoms with Crippen LogP contribution in [-0.4, -0.2) is 44.2 Å². The van der Waals surface area contributed by atoms with E-state index in [1.807, 2.05) is 7.05 Å². The standard InChI is InChI=1S/C13H22N4/c1-14-16-9-13-11-17(8-7-15-13)10-12-5-3-2-4-6-12/h2-6,13-16H,7-11H2,1H3. The van der Waals surface area contributed by atoms with Gasteiger partial charge in [-0.1, -0.05) is 30.3 Å². The minimum atomic E-state index is 0.528. The third-order valence-electron chi connectivity index (χ3n) is 3.11. The highest BCUT2D eigenvalue weighted by Gasteiger charge is 2.18. The van der Waals surface area contributed by atoms with Gasteiger partial charge in [-0.15, -0.1) is 0 Å². The lowest BCUT2D eigenvalue weighted by molar-refractivity contribution is 0.188. The lowest BCUT2D eigenvalue weighted by Crippen LogP contribution is -2.55. The molecule has 0 aliphatic carbocycles. The molecule has 2 rings (SSSR count). The van der Waals surface area contributed by atoms with E-state index in [9.17, 15) is 0 Å². The molecule has 4 heteroatoms. The van der Waals surface area contributed by atoms with E-state index < -0.39 is 0 Å². The molecule has 0 amide bonds. The third-order valence-corrected chi connectivity index (χ3v) is 3.11. The van der Waals surface area contributed by atoms with E-state index in [1.54, 1.807) is 0 Å². The molecule has 1 unspecified atom stereocenters. The van der Waals surface area contributed by atoms with Gasteiger partial charge >= 0.3 is 0 Å². The van der Waals surface area contributed by atoms with Crippen molar-refractivity contribution in [2.24, 2.45) is 0 Å². The molecule has 1 saturated heterocycles. The zero-order valence-corrected chi connectivity index (χ0v) is 10.4. The number of hydrogen-bond donors (Lipinski definition) is 3. The van der Waals surface area contributed by atoms with Gasteiger partial charge in [-0.05, 0) is 12.6 Å². The van der Waals surface area contributed by atoms with Crippen LogP contribution in [0.25, 0.3) is 0 Å². The minimum Gasteiger partial charge on any atom is -0.310 e. The Morgan fingerprint density at radius 2 is 2.18 bits per heavy atom. The van der Waals surface area contributed by atoms with Gasteiger partial charge in [0, 0.05) is 38.8 Å². The molecule has 1 aliphatic heterocycles. The van der Waals surface area contributed by atoms with Crippen LogP contribution in [0.15, 0.2) is 30.3 Å². The van der Waals surface area contributed by atoms with Crippen molar-refractivity contribution in [3.05, 3.63) is 35.9 Å². The zero-order valence-electron chi connectivity index (χ0n) is 10.4. The van der Waals surface area contributed by atoms with Crippen molar-refractivity contribution in [2.45, 2.75) is 12.6 Å². The number of nitrogens with zero attached hydrogens (tertiary/aromatic N) is 1. The van der Waals surface area contributed by atoms with E-state index in [0.29, 0.717) is 6.04 Å². The first-order valence-corrected chi connectivity index (χ1v) is 6.28. The molecule has 0 spiro atoms. The van der Waals surface area contributed by atoms with Gasteiger partial charge in [-0.3, -0.25) is 15.8 Å². The summed E-state index contributed by atoms with van der Waals surface area (Å²) in [7, 11) is 1.91. The summed E-state index contributed by atoms with van der Waals surface area (Å²) in [6.45, 7) is 5.32. The number of hydrazine groups is 1. The average Bonchev–Trinajstić information content (AvgIpc) is 2.38. The van der Waals surface area contributed by atoms with Crippen molar-refractivity contribution in [3.63, 3.8) is 0 Å². The predicted octanol–water partition coefficient (Wildman–Crippen LogP) is 0.184. The molecule has 17 heavy (non-hydrogen) atoms. The largest absolute Gasteiger partial charge is 0.310 e. The second-order valence-electron chi connectivity index (χ2n) is 4.50. The molecule has 3 N–H and O–H groups in total. The Hall–Kier alpha value is -0.940.